The van der Waals surface area contributed by atoms with Crippen LogP contribution in [0.15, 0.2) is 24.3 Å². The Kier molecular flexibility index (Phi) is 5.79. The molecular formula is C11H15Cl2NO2. The first kappa shape index (κ1) is 15.2. The van der Waals surface area contributed by atoms with Gasteiger partial charge in [0.2, 0.25) is 0 Å². The molecule has 3 nitrogen and oxygen atoms in total. The maximum absolute atomic E-state index is 11.6. The zero-order chi connectivity index (χ0) is 11.5. The van der Waals surface area contributed by atoms with Crippen LogP contribution in [0.2, 0.25) is 5.02 Å². The van der Waals surface area contributed by atoms with Crippen LogP contribution in [-0.4, -0.2) is 13.1 Å². The molecule has 90 valence electrons. The van der Waals surface area contributed by atoms with Crippen LogP contribution in [0.3, 0.4) is 0 Å². The number of hydrogen-bond donors (Lipinski definition) is 1. The summed E-state index contributed by atoms with van der Waals surface area (Å²) < 4.78 is 4.69. The molecule has 1 aromatic rings. The van der Waals surface area contributed by atoms with Crippen LogP contribution >= 0.6 is 24.0 Å². The van der Waals surface area contributed by atoms with Crippen molar-refractivity contribution >= 4 is 30.0 Å². The second-order valence-electron chi connectivity index (χ2n) is 3.32. The third-order valence-electron chi connectivity index (χ3n) is 2.47. The van der Waals surface area contributed by atoms with E-state index in [1.807, 2.05) is 6.92 Å². The molecule has 1 aromatic carbocycles. The predicted octanol–water partition coefficient (Wildman–Crippen LogP) is 2.50. The number of rotatable bonds is 3. The van der Waals surface area contributed by atoms with E-state index in [0.717, 1.165) is 0 Å². The monoisotopic (exact) mass is 263 g/mol. The van der Waals surface area contributed by atoms with E-state index in [1.165, 1.54) is 7.11 Å². The Hall–Kier alpha value is -0.770. The van der Waals surface area contributed by atoms with Gasteiger partial charge in [0, 0.05) is 5.02 Å². The predicted molar refractivity (Wildman–Crippen MR) is 66.9 cm³/mol. The van der Waals surface area contributed by atoms with Crippen molar-refractivity contribution in [2.45, 2.75) is 18.9 Å². The van der Waals surface area contributed by atoms with Gasteiger partial charge in [-0.15, -0.1) is 12.4 Å². The van der Waals surface area contributed by atoms with E-state index in [4.69, 9.17) is 22.1 Å². The molecule has 0 spiro atoms. The average molecular weight is 264 g/mol. The molecule has 0 amide bonds. The second-order valence-corrected chi connectivity index (χ2v) is 3.76. The normalized spacial score (nSPS) is 13.5. The minimum Gasteiger partial charge on any atom is -0.467 e. The van der Waals surface area contributed by atoms with Crippen molar-refractivity contribution < 1.29 is 9.53 Å². The van der Waals surface area contributed by atoms with Crippen molar-refractivity contribution in [1.82, 2.24) is 0 Å². The maximum Gasteiger partial charge on any atom is 0.330 e. The Morgan fingerprint density at radius 3 is 2.31 bits per heavy atom. The first-order valence-corrected chi connectivity index (χ1v) is 5.05. The van der Waals surface area contributed by atoms with Crippen LogP contribution < -0.4 is 5.73 Å². The average Bonchev–Trinajstić information content (AvgIpc) is 2.27. The number of ether oxygens (including phenoxy) is 1. The zero-order valence-electron chi connectivity index (χ0n) is 9.20. The molecule has 0 aliphatic rings. The molecule has 1 atom stereocenters. The fraction of sp³-hybridized carbons (Fsp3) is 0.364. The Balaban J connectivity index is 0.00000225. The van der Waals surface area contributed by atoms with E-state index in [9.17, 15) is 4.79 Å². The smallest absolute Gasteiger partial charge is 0.330 e. The number of methoxy groups -OCH3 is 1. The van der Waals surface area contributed by atoms with Crippen LogP contribution in [-0.2, 0) is 15.1 Å². The lowest BCUT2D eigenvalue weighted by Crippen LogP contribution is -2.45. The van der Waals surface area contributed by atoms with Crippen LogP contribution in [0.4, 0.5) is 0 Å². The summed E-state index contributed by atoms with van der Waals surface area (Å²) in [6.45, 7) is 1.84. The number of benzene rings is 1. The molecule has 0 fully saturated rings. The first-order chi connectivity index (χ1) is 7.04. The Morgan fingerprint density at radius 1 is 1.44 bits per heavy atom. The highest BCUT2D eigenvalue weighted by Crippen LogP contribution is 2.24. The van der Waals surface area contributed by atoms with Crippen molar-refractivity contribution in [1.29, 1.82) is 0 Å². The largest absolute Gasteiger partial charge is 0.467 e. The Bertz CT molecular complexity index is 354. The molecule has 0 radical (unpaired) electrons. The van der Waals surface area contributed by atoms with Crippen molar-refractivity contribution in [3.63, 3.8) is 0 Å². The first-order valence-electron chi connectivity index (χ1n) is 4.68. The number of hydrogen-bond acceptors (Lipinski definition) is 3. The van der Waals surface area contributed by atoms with Crippen molar-refractivity contribution in [3.05, 3.63) is 34.9 Å². The number of carbonyl (C=O) groups excluding carboxylic acids is 1. The number of carbonyl (C=O) groups is 1. The lowest BCUT2D eigenvalue weighted by molar-refractivity contribution is -0.147. The molecule has 2 N–H and O–H groups in total. The second kappa shape index (κ2) is 6.09. The SMILES string of the molecule is CCC(N)(C(=O)OC)c1ccc(Cl)cc1.Cl. The van der Waals surface area contributed by atoms with Gasteiger partial charge in [0.15, 0.2) is 0 Å². The van der Waals surface area contributed by atoms with Gasteiger partial charge in [-0.3, -0.25) is 0 Å². The third-order valence-corrected chi connectivity index (χ3v) is 2.72. The summed E-state index contributed by atoms with van der Waals surface area (Å²) in [5, 5.41) is 0.613. The lowest BCUT2D eigenvalue weighted by atomic mass is 9.88. The quantitative estimate of drug-likeness (QED) is 0.853. The molecule has 0 aliphatic heterocycles. The molecule has 16 heavy (non-hydrogen) atoms. The van der Waals surface area contributed by atoms with Gasteiger partial charge in [-0.05, 0) is 24.1 Å². The topological polar surface area (TPSA) is 52.3 Å². The van der Waals surface area contributed by atoms with Crippen LogP contribution in [0.1, 0.15) is 18.9 Å². The van der Waals surface area contributed by atoms with Crippen LogP contribution in [0, 0.1) is 0 Å². The molecule has 1 rings (SSSR count). The summed E-state index contributed by atoms with van der Waals surface area (Å²) >= 11 is 5.76. The summed E-state index contributed by atoms with van der Waals surface area (Å²) in [7, 11) is 1.33. The van der Waals surface area contributed by atoms with Gasteiger partial charge in [-0.25, -0.2) is 4.79 Å². The van der Waals surface area contributed by atoms with Gasteiger partial charge in [-0.2, -0.15) is 0 Å². The molecule has 0 saturated carbocycles. The minimum absolute atomic E-state index is 0. The molecule has 0 aromatic heterocycles. The highest BCUT2D eigenvalue weighted by molar-refractivity contribution is 6.30. The summed E-state index contributed by atoms with van der Waals surface area (Å²) in [5.41, 5.74) is 5.63. The standard InChI is InChI=1S/C11H14ClNO2.ClH/c1-3-11(13,10(14)15-2)8-4-6-9(12)7-5-8;/h4-7H,3,13H2,1-2H3;1H. The fourth-order valence-electron chi connectivity index (χ4n) is 1.40. The molecule has 0 bridgehead atoms. The molecule has 5 heteroatoms. The lowest BCUT2D eigenvalue weighted by Gasteiger charge is -2.25. The van der Waals surface area contributed by atoms with Gasteiger partial charge in [0.1, 0.15) is 5.54 Å². The minimum atomic E-state index is -1.08. The van der Waals surface area contributed by atoms with E-state index in [0.29, 0.717) is 17.0 Å². The van der Waals surface area contributed by atoms with Gasteiger partial charge < -0.3 is 10.5 Å². The molecule has 0 saturated heterocycles. The van der Waals surface area contributed by atoms with Crippen molar-refractivity contribution in [3.8, 4) is 0 Å². The summed E-state index contributed by atoms with van der Waals surface area (Å²) in [6, 6.07) is 6.89. The maximum atomic E-state index is 11.6. The van der Waals surface area contributed by atoms with E-state index in [2.05, 4.69) is 0 Å². The number of halogens is 2. The Labute approximate surface area is 106 Å². The molecule has 0 aliphatic carbocycles. The van der Waals surface area contributed by atoms with Crippen molar-refractivity contribution in [2.75, 3.05) is 7.11 Å². The van der Waals surface area contributed by atoms with E-state index in [-0.39, 0.29) is 12.4 Å². The van der Waals surface area contributed by atoms with Crippen molar-refractivity contribution in [2.24, 2.45) is 5.73 Å². The summed E-state index contributed by atoms with van der Waals surface area (Å²) in [5.74, 6) is -0.438. The van der Waals surface area contributed by atoms with E-state index >= 15 is 0 Å². The zero-order valence-corrected chi connectivity index (χ0v) is 10.8. The fourth-order valence-corrected chi connectivity index (χ4v) is 1.52. The molecule has 0 heterocycles. The third kappa shape index (κ3) is 2.88. The van der Waals surface area contributed by atoms with E-state index < -0.39 is 11.5 Å². The van der Waals surface area contributed by atoms with Crippen LogP contribution in [0.5, 0.6) is 0 Å². The van der Waals surface area contributed by atoms with Gasteiger partial charge >= 0.3 is 5.97 Å². The summed E-state index contributed by atoms with van der Waals surface area (Å²) in [4.78, 5) is 11.6. The van der Waals surface area contributed by atoms with E-state index in [1.54, 1.807) is 24.3 Å². The highest BCUT2D eigenvalue weighted by Gasteiger charge is 2.35. The van der Waals surface area contributed by atoms with Gasteiger partial charge in [0.25, 0.3) is 0 Å². The summed E-state index contributed by atoms with van der Waals surface area (Å²) in [6.07, 6.45) is 0.474. The van der Waals surface area contributed by atoms with Crippen LogP contribution in [0.25, 0.3) is 0 Å². The highest BCUT2D eigenvalue weighted by atomic mass is 35.5. The van der Waals surface area contributed by atoms with Gasteiger partial charge in [-0.1, -0.05) is 30.7 Å². The number of esters is 1. The number of nitrogens with two attached hydrogens (primary N) is 1. The van der Waals surface area contributed by atoms with Gasteiger partial charge in [0.05, 0.1) is 7.11 Å². The Morgan fingerprint density at radius 2 is 1.94 bits per heavy atom. The molecule has 1 unspecified atom stereocenters. The molecular weight excluding hydrogens is 249 g/mol.